The van der Waals surface area contributed by atoms with Crippen LogP contribution in [0.25, 0.3) is 0 Å². The van der Waals surface area contributed by atoms with Crippen LogP contribution in [-0.2, 0) is 4.74 Å². The largest absolute Gasteiger partial charge is 0.468 e. The first-order valence-corrected chi connectivity index (χ1v) is 8.20. The fourth-order valence-electron chi connectivity index (χ4n) is 2.57. The van der Waals surface area contributed by atoms with Gasteiger partial charge in [0.2, 0.25) is 0 Å². The lowest BCUT2D eigenvalue weighted by molar-refractivity contribution is 0.0376. The van der Waals surface area contributed by atoms with Crippen molar-refractivity contribution in [3.05, 3.63) is 24.2 Å². The van der Waals surface area contributed by atoms with E-state index in [2.05, 4.69) is 20.1 Å². The number of furan rings is 1. The van der Waals surface area contributed by atoms with E-state index in [0.717, 1.165) is 51.6 Å². The molecule has 2 heterocycles. The summed E-state index contributed by atoms with van der Waals surface area (Å²) in [5, 5.41) is 3.18. The monoisotopic (exact) mass is 451 g/mol. The summed E-state index contributed by atoms with van der Waals surface area (Å²) in [6.45, 7) is 6.21. The number of nitrogens with one attached hydrogen (secondary N) is 1. The van der Waals surface area contributed by atoms with Crippen LogP contribution < -0.4 is 11.1 Å². The van der Waals surface area contributed by atoms with Gasteiger partial charge in [-0.25, -0.2) is 0 Å². The van der Waals surface area contributed by atoms with Crippen molar-refractivity contribution in [1.82, 2.24) is 15.1 Å². The van der Waals surface area contributed by atoms with Gasteiger partial charge in [0.1, 0.15) is 5.76 Å². The van der Waals surface area contributed by atoms with Crippen molar-refractivity contribution in [2.45, 2.75) is 12.5 Å². The van der Waals surface area contributed by atoms with E-state index in [9.17, 15) is 0 Å². The highest BCUT2D eigenvalue weighted by molar-refractivity contribution is 14.0. The van der Waals surface area contributed by atoms with Crippen LogP contribution in [0.3, 0.4) is 0 Å². The maximum absolute atomic E-state index is 5.95. The molecule has 0 aliphatic carbocycles. The number of nitrogens with two attached hydrogens (primary N) is 1. The molecule has 2 rings (SSSR count). The molecule has 138 valence electrons. The molecular weight excluding hydrogens is 421 g/mol. The lowest BCUT2D eigenvalue weighted by Gasteiger charge is -2.26. The van der Waals surface area contributed by atoms with Gasteiger partial charge in [0.15, 0.2) is 5.96 Å². The molecular formula is C16H30IN5O2. The second kappa shape index (κ2) is 11.7. The summed E-state index contributed by atoms with van der Waals surface area (Å²) in [5.74, 6) is 1.39. The standard InChI is InChI=1S/C16H29N5O2.HI/c1-20(2)14(15-5-3-10-23-15)13-19-16(17)18-6-4-7-21-8-11-22-12-9-21;/h3,5,10,14H,4,6-9,11-13H2,1-2H3,(H3,17,18,19);1H. The number of guanidine groups is 1. The fourth-order valence-corrected chi connectivity index (χ4v) is 2.57. The molecule has 3 N–H and O–H groups in total. The molecule has 0 radical (unpaired) electrons. The Hall–Kier alpha value is -0.840. The first kappa shape index (κ1) is 21.2. The van der Waals surface area contributed by atoms with Gasteiger partial charge in [-0.1, -0.05) is 0 Å². The number of likely N-dealkylation sites (N-methyl/N-ethyl adjacent to an activating group) is 1. The van der Waals surface area contributed by atoms with Gasteiger partial charge in [0.05, 0.1) is 32.1 Å². The van der Waals surface area contributed by atoms with Gasteiger partial charge in [0, 0.05) is 19.6 Å². The number of morpholine rings is 1. The molecule has 0 saturated carbocycles. The van der Waals surface area contributed by atoms with E-state index in [-0.39, 0.29) is 30.0 Å². The second-order valence-electron chi connectivity index (χ2n) is 5.96. The van der Waals surface area contributed by atoms with Crippen molar-refractivity contribution < 1.29 is 9.15 Å². The number of halogens is 1. The second-order valence-corrected chi connectivity index (χ2v) is 5.96. The van der Waals surface area contributed by atoms with Gasteiger partial charge in [-0.15, -0.1) is 24.0 Å². The van der Waals surface area contributed by atoms with E-state index in [1.54, 1.807) is 6.26 Å². The molecule has 0 amide bonds. The number of ether oxygens (including phenoxy) is 1. The van der Waals surface area contributed by atoms with Crippen molar-refractivity contribution >= 4 is 29.9 Å². The summed E-state index contributed by atoms with van der Waals surface area (Å²) in [4.78, 5) is 8.93. The van der Waals surface area contributed by atoms with Crippen molar-refractivity contribution in [2.75, 3.05) is 60.0 Å². The summed E-state index contributed by atoms with van der Waals surface area (Å²) in [7, 11) is 4.02. The molecule has 1 fully saturated rings. The Balaban J connectivity index is 0.00000288. The predicted octanol–water partition coefficient (Wildman–Crippen LogP) is 1.13. The van der Waals surface area contributed by atoms with Crippen molar-refractivity contribution in [3.63, 3.8) is 0 Å². The van der Waals surface area contributed by atoms with Crippen LogP contribution in [0.15, 0.2) is 27.8 Å². The minimum absolute atomic E-state index is 0. The molecule has 1 saturated heterocycles. The van der Waals surface area contributed by atoms with Crippen LogP contribution in [0.5, 0.6) is 0 Å². The molecule has 1 atom stereocenters. The number of hydrogen-bond acceptors (Lipinski definition) is 5. The molecule has 7 nitrogen and oxygen atoms in total. The van der Waals surface area contributed by atoms with Gasteiger partial charge >= 0.3 is 0 Å². The van der Waals surface area contributed by atoms with Crippen LogP contribution in [0.1, 0.15) is 18.2 Å². The van der Waals surface area contributed by atoms with E-state index in [1.165, 1.54) is 0 Å². The lowest BCUT2D eigenvalue weighted by atomic mass is 10.2. The quantitative estimate of drug-likeness (QED) is 0.267. The highest BCUT2D eigenvalue weighted by Gasteiger charge is 2.16. The molecule has 1 unspecified atom stereocenters. The Morgan fingerprint density at radius 2 is 2.17 bits per heavy atom. The molecule has 1 aromatic heterocycles. The molecule has 0 spiro atoms. The number of rotatable bonds is 8. The summed E-state index contributed by atoms with van der Waals surface area (Å²) >= 11 is 0. The fraction of sp³-hybridized carbons (Fsp3) is 0.688. The lowest BCUT2D eigenvalue weighted by Crippen LogP contribution is -2.39. The van der Waals surface area contributed by atoms with E-state index in [1.807, 2.05) is 26.2 Å². The van der Waals surface area contributed by atoms with Gasteiger partial charge in [-0.3, -0.25) is 14.8 Å². The van der Waals surface area contributed by atoms with Crippen LogP contribution in [-0.4, -0.2) is 75.8 Å². The molecule has 1 aromatic rings. The Morgan fingerprint density at radius 1 is 1.42 bits per heavy atom. The van der Waals surface area contributed by atoms with Crippen molar-refractivity contribution in [3.8, 4) is 0 Å². The Kier molecular flexibility index (Phi) is 10.3. The van der Waals surface area contributed by atoms with Crippen molar-refractivity contribution in [1.29, 1.82) is 0 Å². The zero-order valence-electron chi connectivity index (χ0n) is 14.6. The average molecular weight is 451 g/mol. The number of hydrogen-bond donors (Lipinski definition) is 2. The molecule has 1 aliphatic heterocycles. The van der Waals surface area contributed by atoms with E-state index < -0.39 is 0 Å². The first-order chi connectivity index (χ1) is 11.2. The number of aliphatic imine (C=N–C) groups is 1. The van der Waals surface area contributed by atoms with Crippen LogP contribution >= 0.6 is 24.0 Å². The summed E-state index contributed by atoms with van der Waals surface area (Å²) in [6, 6.07) is 3.95. The van der Waals surface area contributed by atoms with Gasteiger partial charge in [-0.2, -0.15) is 0 Å². The smallest absolute Gasteiger partial charge is 0.188 e. The summed E-state index contributed by atoms with van der Waals surface area (Å²) < 4.78 is 10.8. The number of nitrogens with zero attached hydrogens (tertiary/aromatic N) is 3. The third-order valence-electron chi connectivity index (χ3n) is 3.99. The van der Waals surface area contributed by atoms with Crippen LogP contribution in [0.2, 0.25) is 0 Å². The zero-order valence-corrected chi connectivity index (χ0v) is 16.9. The normalized spacial score (nSPS) is 17.5. The van der Waals surface area contributed by atoms with Gasteiger partial charge in [0.25, 0.3) is 0 Å². The maximum atomic E-state index is 5.95. The maximum Gasteiger partial charge on any atom is 0.188 e. The van der Waals surface area contributed by atoms with Gasteiger partial charge < -0.3 is 20.2 Å². The predicted molar refractivity (Wildman–Crippen MR) is 107 cm³/mol. The minimum atomic E-state index is 0. The third kappa shape index (κ3) is 7.37. The molecule has 8 heteroatoms. The minimum Gasteiger partial charge on any atom is -0.468 e. The molecule has 24 heavy (non-hydrogen) atoms. The Morgan fingerprint density at radius 3 is 2.79 bits per heavy atom. The third-order valence-corrected chi connectivity index (χ3v) is 3.99. The summed E-state index contributed by atoms with van der Waals surface area (Å²) in [5.41, 5.74) is 5.95. The van der Waals surface area contributed by atoms with Crippen molar-refractivity contribution in [2.24, 2.45) is 10.7 Å². The highest BCUT2D eigenvalue weighted by Crippen LogP contribution is 2.18. The van der Waals surface area contributed by atoms with E-state index in [4.69, 9.17) is 14.9 Å². The first-order valence-electron chi connectivity index (χ1n) is 8.20. The van der Waals surface area contributed by atoms with Crippen LogP contribution in [0, 0.1) is 0 Å². The Bertz CT molecular complexity index is 461. The zero-order chi connectivity index (χ0) is 16.5. The SMILES string of the molecule is CN(C)C(CN=C(N)NCCCN1CCOCC1)c1ccco1.I. The average Bonchev–Trinajstić information content (AvgIpc) is 3.06. The molecule has 0 bridgehead atoms. The Labute approximate surface area is 161 Å². The highest BCUT2D eigenvalue weighted by atomic mass is 127. The van der Waals surface area contributed by atoms with Gasteiger partial charge in [-0.05, 0) is 39.2 Å². The van der Waals surface area contributed by atoms with Crippen LogP contribution in [0.4, 0.5) is 0 Å². The topological polar surface area (TPSA) is 79.3 Å². The van der Waals surface area contributed by atoms with E-state index >= 15 is 0 Å². The molecule has 0 aromatic carbocycles. The summed E-state index contributed by atoms with van der Waals surface area (Å²) in [6.07, 6.45) is 2.73. The molecule has 1 aliphatic rings. The van der Waals surface area contributed by atoms with E-state index in [0.29, 0.717) is 12.5 Å².